The van der Waals surface area contributed by atoms with Crippen molar-refractivity contribution in [2.45, 2.75) is 25.7 Å². The maximum atomic E-state index is 12.3. The largest absolute Gasteiger partial charge is 0.496 e. The van der Waals surface area contributed by atoms with Crippen LogP contribution in [0.25, 0.3) is 0 Å². The van der Waals surface area contributed by atoms with Gasteiger partial charge in [0, 0.05) is 17.7 Å². The number of aryl methyl sites for hydroxylation is 1. The summed E-state index contributed by atoms with van der Waals surface area (Å²) >= 11 is 0. The zero-order valence-corrected chi connectivity index (χ0v) is 12.8. The van der Waals surface area contributed by atoms with Crippen LogP contribution in [0.15, 0.2) is 22.6 Å². The van der Waals surface area contributed by atoms with Crippen molar-refractivity contribution in [3.05, 3.63) is 41.1 Å². The van der Waals surface area contributed by atoms with Crippen molar-refractivity contribution in [2.75, 3.05) is 12.4 Å². The van der Waals surface area contributed by atoms with Crippen molar-refractivity contribution in [2.24, 2.45) is 0 Å². The van der Waals surface area contributed by atoms with Crippen LogP contribution in [-0.2, 0) is 0 Å². The van der Waals surface area contributed by atoms with Crippen LogP contribution in [0, 0.1) is 6.92 Å². The predicted octanol–water partition coefficient (Wildman–Crippen LogP) is 2.82. The highest BCUT2D eigenvalue weighted by molar-refractivity contribution is 6.03. The third kappa shape index (κ3) is 3.03. The number of amides is 1. The molecule has 1 amide bonds. The average Bonchev–Trinajstić information content (AvgIpc) is 3.29. The van der Waals surface area contributed by atoms with E-state index < -0.39 is 11.9 Å². The van der Waals surface area contributed by atoms with E-state index in [1.807, 2.05) is 0 Å². The molecule has 2 aromatic rings. The third-order valence-electron chi connectivity index (χ3n) is 3.64. The van der Waals surface area contributed by atoms with Crippen LogP contribution >= 0.6 is 0 Å². The number of carboxylic acid groups (broad SMARTS) is 1. The van der Waals surface area contributed by atoms with Gasteiger partial charge in [-0.2, -0.15) is 0 Å². The summed E-state index contributed by atoms with van der Waals surface area (Å²) in [4.78, 5) is 27.6. The summed E-state index contributed by atoms with van der Waals surface area (Å²) in [5.41, 5.74) is 0.983. The number of methoxy groups -OCH3 is 1. The second-order valence-electron chi connectivity index (χ2n) is 5.42. The number of ether oxygens (including phenoxy) is 1. The van der Waals surface area contributed by atoms with Crippen molar-refractivity contribution in [1.82, 2.24) is 4.98 Å². The first-order valence-corrected chi connectivity index (χ1v) is 7.19. The fourth-order valence-corrected chi connectivity index (χ4v) is 2.27. The third-order valence-corrected chi connectivity index (χ3v) is 3.64. The summed E-state index contributed by atoms with van der Waals surface area (Å²) in [5.74, 6) is -0.250. The smallest absolute Gasteiger partial charge is 0.339 e. The lowest BCUT2D eigenvalue weighted by atomic mass is 10.2. The molecule has 7 heteroatoms. The van der Waals surface area contributed by atoms with Gasteiger partial charge in [-0.05, 0) is 31.9 Å². The summed E-state index contributed by atoms with van der Waals surface area (Å²) in [6.07, 6.45) is 2.07. The molecule has 0 bridgehead atoms. The highest BCUT2D eigenvalue weighted by Gasteiger charge is 2.31. The predicted molar refractivity (Wildman–Crippen MR) is 81.1 cm³/mol. The van der Waals surface area contributed by atoms with Gasteiger partial charge in [-0.25, -0.2) is 9.78 Å². The van der Waals surface area contributed by atoms with Crippen LogP contribution in [0.5, 0.6) is 5.75 Å². The molecule has 7 nitrogen and oxygen atoms in total. The Morgan fingerprint density at radius 1 is 1.39 bits per heavy atom. The minimum absolute atomic E-state index is 0.0253. The van der Waals surface area contributed by atoms with E-state index in [1.54, 1.807) is 6.92 Å². The maximum absolute atomic E-state index is 12.3. The molecule has 3 rings (SSSR count). The molecule has 2 N–H and O–H groups in total. The number of oxazole rings is 1. The molecule has 0 saturated heterocycles. The van der Waals surface area contributed by atoms with Crippen molar-refractivity contribution in [1.29, 1.82) is 0 Å². The lowest BCUT2D eigenvalue weighted by Crippen LogP contribution is -2.13. The monoisotopic (exact) mass is 316 g/mol. The highest BCUT2D eigenvalue weighted by Crippen LogP contribution is 2.40. The van der Waals surface area contributed by atoms with Crippen molar-refractivity contribution in [3.8, 4) is 5.75 Å². The molecular weight excluding hydrogens is 300 g/mol. The molecule has 0 unspecified atom stereocenters. The van der Waals surface area contributed by atoms with Crippen LogP contribution in [-0.4, -0.2) is 29.1 Å². The second-order valence-corrected chi connectivity index (χ2v) is 5.42. The van der Waals surface area contributed by atoms with Gasteiger partial charge in [-0.3, -0.25) is 4.79 Å². The number of carboxylic acids is 1. The second kappa shape index (κ2) is 5.75. The number of nitrogens with zero attached hydrogens (tertiary/aromatic N) is 1. The van der Waals surface area contributed by atoms with E-state index in [0.29, 0.717) is 23.2 Å². The van der Waals surface area contributed by atoms with Crippen molar-refractivity contribution < 1.29 is 23.8 Å². The molecule has 1 aliphatic carbocycles. The summed E-state index contributed by atoms with van der Waals surface area (Å²) in [6, 6.07) is 4.33. The van der Waals surface area contributed by atoms with Crippen molar-refractivity contribution in [3.63, 3.8) is 0 Å². The molecule has 1 heterocycles. The van der Waals surface area contributed by atoms with E-state index >= 15 is 0 Å². The van der Waals surface area contributed by atoms with E-state index in [-0.39, 0.29) is 17.1 Å². The number of carbonyl (C=O) groups is 2. The van der Waals surface area contributed by atoms with Crippen LogP contribution in [0.2, 0.25) is 0 Å². The number of aromatic carboxylic acids is 1. The molecule has 0 atom stereocenters. The van der Waals surface area contributed by atoms with Gasteiger partial charge in [-0.15, -0.1) is 0 Å². The number of anilines is 1. The number of benzene rings is 1. The Balaban J connectivity index is 1.81. The lowest BCUT2D eigenvalue weighted by molar-refractivity contribution is 0.0693. The van der Waals surface area contributed by atoms with Crippen LogP contribution in [0.1, 0.15) is 51.3 Å². The SMILES string of the molecule is COc1cc(NC(=O)c2oc(C3CC3)nc2C)ccc1C(=O)O. The minimum atomic E-state index is -1.10. The fraction of sp³-hybridized carbons (Fsp3) is 0.312. The number of hydrogen-bond acceptors (Lipinski definition) is 5. The van der Waals surface area contributed by atoms with E-state index in [4.69, 9.17) is 14.3 Å². The Morgan fingerprint density at radius 2 is 2.13 bits per heavy atom. The molecule has 1 aromatic heterocycles. The molecular formula is C16H16N2O5. The number of hydrogen-bond donors (Lipinski definition) is 2. The van der Waals surface area contributed by atoms with Gasteiger partial charge < -0.3 is 19.6 Å². The van der Waals surface area contributed by atoms with Crippen molar-refractivity contribution >= 4 is 17.6 Å². The Hall–Kier alpha value is -2.83. The summed E-state index contributed by atoms with van der Waals surface area (Å²) in [6.45, 7) is 1.72. The summed E-state index contributed by atoms with van der Waals surface area (Å²) in [7, 11) is 1.37. The first-order chi connectivity index (χ1) is 11.0. The van der Waals surface area contributed by atoms with Gasteiger partial charge in [0.2, 0.25) is 5.76 Å². The molecule has 0 aliphatic heterocycles. The summed E-state index contributed by atoms with van der Waals surface area (Å²) < 4.78 is 10.6. The van der Waals surface area contributed by atoms with E-state index in [9.17, 15) is 9.59 Å². The van der Waals surface area contributed by atoms with Crippen LogP contribution in [0.3, 0.4) is 0 Å². The molecule has 1 fully saturated rings. The van der Waals surface area contributed by atoms with Crippen LogP contribution in [0.4, 0.5) is 5.69 Å². The standard InChI is InChI=1S/C16H16N2O5/c1-8-13(23-15(17-8)9-3-4-9)14(19)18-10-5-6-11(16(20)21)12(7-10)22-2/h5-7,9H,3-4H2,1-2H3,(H,18,19)(H,20,21). The fourth-order valence-electron chi connectivity index (χ4n) is 2.27. The quantitative estimate of drug-likeness (QED) is 0.879. The number of rotatable bonds is 5. The molecule has 0 spiro atoms. The van der Waals surface area contributed by atoms with E-state index in [0.717, 1.165) is 12.8 Å². The Morgan fingerprint density at radius 3 is 2.74 bits per heavy atom. The normalized spacial score (nSPS) is 13.7. The zero-order chi connectivity index (χ0) is 16.6. The minimum Gasteiger partial charge on any atom is -0.496 e. The van der Waals surface area contributed by atoms with Gasteiger partial charge >= 0.3 is 5.97 Å². The Kier molecular flexibility index (Phi) is 3.77. The van der Waals surface area contributed by atoms with E-state index in [1.165, 1.54) is 25.3 Å². The molecule has 0 radical (unpaired) electrons. The topological polar surface area (TPSA) is 102 Å². The maximum Gasteiger partial charge on any atom is 0.339 e. The van der Waals surface area contributed by atoms with Gasteiger partial charge in [0.05, 0.1) is 12.8 Å². The van der Waals surface area contributed by atoms with Gasteiger partial charge in [-0.1, -0.05) is 0 Å². The Bertz CT molecular complexity index is 777. The summed E-state index contributed by atoms with van der Waals surface area (Å²) in [5, 5.41) is 11.7. The van der Waals surface area contributed by atoms with Gasteiger partial charge in [0.15, 0.2) is 5.89 Å². The average molecular weight is 316 g/mol. The number of carbonyl (C=O) groups excluding carboxylic acids is 1. The van der Waals surface area contributed by atoms with Crippen LogP contribution < -0.4 is 10.1 Å². The Labute approximate surface area is 132 Å². The molecule has 1 aromatic carbocycles. The molecule has 1 saturated carbocycles. The number of nitrogens with one attached hydrogen (secondary N) is 1. The number of aromatic nitrogens is 1. The first-order valence-electron chi connectivity index (χ1n) is 7.19. The molecule has 23 heavy (non-hydrogen) atoms. The zero-order valence-electron chi connectivity index (χ0n) is 12.8. The van der Waals surface area contributed by atoms with Gasteiger partial charge in [0.25, 0.3) is 5.91 Å². The first kappa shape index (κ1) is 15.1. The highest BCUT2D eigenvalue weighted by atomic mass is 16.5. The lowest BCUT2D eigenvalue weighted by Gasteiger charge is -2.08. The molecule has 1 aliphatic rings. The molecule has 120 valence electrons. The van der Waals surface area contributed by atoms with Gasteiger partial charge in [0.1, 0.15) is 11.3 Å². The van der Waals surface area contributed by atoms with E-state index in [2.05, 4.69) is 10.3 Å².